The highest BCUT2D eigenvalue weighted by molar-refractivity contribution is 6.30. The third kappa shape index (κ3) is 4.88. The summed E-state index contributed by atoms with van der Waals surface area (Å²) in [6, 6.07) is 15.1. The van der Waals surface area contributed by atoms with Crippen molar-refractivity contribution in [2.45, 2.75) is 38.1 Å². The standard InChI is InChI=1S/C32H29N3O6/c1-40-26-16-23-25(33-18-19-8-7-14-35(19)32(23)39)17-27(26)41-15-5-4-13-28(36)34-24-12-6-11-22-29(24)31(38)21-10-3-2-9-20(21)30(22)37/h2-3,6,9-12,16-19H,4-5,7-8,13-15H2,1H3,(H,34,36)/t19-/m0/s1. The second kappa shape index (κ2) is 11.0. The van der Waals surface area contributed by atoms with Crippen LogP contribution in [0.25, 0.3) is 0 Å². The first kappa shape index (κ1) is 26.4. The molecular formula is C32H29N3O6. The fourth-order valence-electron chi connectivity index (χ4n) is 5.65. The van der Waals surface area contributed by atoms with Crippen molar-refractivity contribution in [2.24, 2.45) is 4.99 Å². The van der Waals surface area contributed by atoms with Gasteiger partial charge >= 0.3 is 0 Å². The van der Waals surface area contributed by atoms with E-state index in [2.05, 4.69) is 10.3 Å². The van der Waals surface area contributed by atoms with Crippen LogP contribution in [0.1, 0.15) is 74.3 Å². The van der Waals surface area contributed by atoms with Gasteiger partial charge in [0.15, 0.2) is 23.1 Å². The number of hydrogen-bond donors (Lipinski definition) is 1. The minimum atomic E-state index is -0.277. The van der Waals surface area contributed by atoms with Gasteiger partial charge in [-0.2, -0.15) is 0 Å². The van der Waals surface area contributed by atoms with Gasteiger partial charge in [-0.25, -0.2) is 0 Å². The Kier molecular flexibility index (Phi) is 7.09. The highest BCUT2D eigenvalue weighted by atomic mass is 16.5. The monoisotopic (exact) mass is 551 g/mol. The Morgan fingerprint density at radius 2 is 1.73 bits per heavy atom. The molecule has 0 spiro atoms. The van der Waals surface area contributed by atoms with Gasteiger partial charge in [0.05, 0.1) is 42.3 Å². The summed E-state index contributed by atoms with van der Waals surface area (Å²) >= 11 is 0. The number of carbonyl (C=O) groups is 4. The Bertz CT molecular complexity index is 1610. The topological polar surface area (TPSA) is 114 Å². The van der Waals surface area contributed by atoms with E-state index in [1.165, 1.54) is 7.11 Å². The summed E-state index contributed by atoms with van der Waals surface area (Å²) in [6.45, 7) is 1.05. The van der Waals surface area contributed by atoms with Crippen molar-refractivity contribution in [3.8, 4) is 11.5 Å². The lowest BCUT2D eigenvalue weighted by Crippen LogP contribution is -2.35. The van der Waals surface area contributed by atoms with Crippen molar-refractivity contribution in [3.63, 3.8) is 0 Å². The molecule has 0 bridgehead atoms. The van der Waals surface area contributed by atoms with E-state index >= 15 is 0 Å². The number of hydrogen-bond acceptors (Lipinski definition) is 7. The molecule has 0 saturated carbocycles. The highest BCUT2D eigenvalue weighted by Crippen LogP contribution is 2.38. The van der Waals surface area contributed by atoms with Crippen molar-refractivity contribution >= 4 is 41.0 Å². The molecule has 1 atom stereocenters. The van der Waals surface area contributed by atoms with Crippen LogP contribution >= 0.6 is 0 Å². The van der Waals surface area contributed by atoms with Crippen LogP contribution in [0.15, 0.2) is 59.6 Å². The number of benzene rings is 3. The zero-order chi connectivity index (χ0) is 28.5. The van der Waals surface area contributed by atoms with Gasteiger partial charge < -0.3 is 19.7 Å². The van der Waals surface area contributed by atoms with Gasteiger partial charge in [-0.05, 0) is 37.8 Å². The smallest absolute Gasteiger partial charge is 0.256 e. The average Bonchev–Trinajstić information content (AvgIpc) is 3.42. The van der Waals surface area contributed by atoms with Crippen LogP contribution in [0.3, 0.4) is 0 Å². The molecule has 9 heteroatoms. The van der Waals surface area contributed by atoms with Crippen molar-refractivity contribution < 1.29 is 28.7 Å². The van der Waals surface area contributed by atoms with E-state index < -0.39 is 0 Å². The van der Waals surface area contributed by atoms with Crippen LogP contribution in [0.4, 0.5) is 11.4 Å². The summed E-state index contributed by atoms with van der Waals surface area (Å²) in [5.74, 6) is 0.131. The lowest BCUT2D eigenvalue weighted by Gasteiger charge is -2.20. The summed E-state index contributed by atoms with van der Waals surface area (Å²) < 4.78 is 11.5. The molecule has 0 radical (unpaired) electrons. The van der Waals surface area contributed by atoms with Crippen molar-refractivity contribution in [2.75, 3.05) is 25.6 Å². The second-order valence-corrected chi connectivity index (χ2v) is 10.3. The van der Waals surface area contributed by atoms with E-state index in [1.807, 2.05) is 11.1 Å². The van der Waals surface area contributed by atoms with Gasteiger partial charge in [-0.3, -0.25) is 24.2 Å². The molecule has 0 aromatic heterocycles. The van der Waals surface area contributed by atoms with Gasteiger partial charge in [-0.1, -0.05) is 36.4 Å². The molecule has 2 amide bonds. The third-order valence-electron chi connectivity index (χ3n) is 7.74. The predicted octanol–water partition coefficient (Wildman–Crippen LogP) is 4.98. The molecule has 1 saturated heterocycles. The number of ketones is 2. The summed E-state index contributed by atoms with van der Waals surface area (Å²) in [7, 11) is 1.53. The molecule has 3 aliphatic rings. The number of methoxy groups -OCH3 is 1. The summed E-state index contributed by atoms with van der Waals surface area (Å²) in [4.78, 5) is 58.3. The van der Waals surface area contributed by atoms with E-state index in [0.29, 0.717) is 64.6 Å². The zero-order valence-electron chi connectivity index (χ0n) is 22.6. The SMILES string of the molecule is COc1cc2c(cc1OCCCCC(=O)Nc1cccc3c1C(=O)c1ccccc1C3=O)N=C[C@@H]1CCCN1C2=O. The maximum atomic E-state index is 13.2. The van der Waals surface area contributed by atoms with E-state index in [1.54, 1.807) is 54.6 Å². The average molecular weight is 552 g/mol. The Labute approximate surface area is 237 Å². The predicted molar refractivity (Wildman–Crippen MR) is 153 cm³/mol. The van der Waals surface area contributed by atoms with Gasteiger partial charge in [-0.15, -0.1) is 0 Å². The van der Waals surface area contributed by atoms with Crippen LogP contribution < -0.4 is 14.8 Å². The molecule has 3 aromatic rings. The van der Waals surface area contributed by atoms with Crippen LogP contribution in [0, 0.1) is 0 Å². The Morgan fingerprint density at radius 3 is 2.54 bits per heavy atom. The number of carbonyl (C=O) groups excluding carboxylic acids is 4. The number of fused-ring (bicyclic) bond motifs is 4. The van der Waals surface area contributed by atoms with E-state index in [0.717, 1.165) is 19.4 Å². The molecule has 208 valence electrons. The zero-order valence-corrected chi connectivity index (χ0v) is 22.6. The molecule has 9 nitrogen and oxygen atoms in total. The normalized spacial score (nSPS) is 16.9. The largest absolute Gasteiger partial charge is 0.493 e. The molecule has 1 N–H and O–H groups in total. The minimum Gasteiger partial charge on any atom is -0.493 e. The number of nitrogens with one attached hydrogen (secondary N) is 1. The first-order valence-electron chi connectivity index (χ1n) is 13.8. The number of rotatable bonds is 8. The van der Waals surface area contributed by atoms with Gasteiger partial charge in [0.25, 0.3) is 5.91 Å². The van der Waals surface area contributed by atoms with Gasteiger partial charge in [0.2, 0.25) is 5.91 Å². The van der Waals surface area contributed by atoms with Crippen LogP contribution in [-0.2, 0) is 4.79 Å². The van der Waals surface area contributed by atoms with Crippen molar-refractivity contribution in [3.05, 3.63) is 82.4 Å². The third-order valence-corrected chi connectivity index (χ3v) is 7.74. The van der Waals surface area contributed by atoms with E-state index in [9.17, 15) is 19.2 Å². The van der Waals surface area contributed by atoms with Crippen molar-refractivity contribution in [1.82, 2.24) is 4.90 Å². The molecule has 2 aliphatic heterocycles. The van der Waals surface area contributed by atoms with Crippen LogP contribution in [0.5, 0.6) is 11.5 Å². The fraction of sp³-hybridized carbons (Fsp3) is 0.281. The van der Waals surface area contributed by atoms with Crippen LogP contribution in [-0.4, -0.2) is 60.8 Å². The summed E-state index contributed by atoms with van der Waals surface area (Å²) in [5, 5.41) is 2.81. The Balaban J connectivity index is 1.06. The number of aliphatic imine (C=N–C) groups is 1. The van der Waals surface area contributed by atoms with Crippen LogP contribution in [0.2, 0.25) is 0 Å². The Morgan fingerprint density at radius 1 is 0.951 bits per heavy atom. The Hall–Kier alpha value is -4.79. The fourth-order valence-corrected chi connectivity index (χ4v) is 5.65. The molecular weight excluding hydrogens is 522 g/mol. The number of anilines is 1. The quantitative estimate of drug-likeness (QED) is 0.309. The minimum absolute atomic E-state index is 0.0206. The molecule has 0 unspecified atom stereocenters. The maximum Gasteiger partial charge on any atom is 0.256 e. The number of amides is 2. The molecule has 1 fully saturated rings. The lowest BCUT2D eigenvalue weighted by molar-refractivity contribution is -0.116. The second-order valence-electron chi connectivity index (χ2n) is 10.3. The van der Waals surface area contributed by atoms with Crippen molar-refractivity contribution in [1.29, 1.82) is 0 Å². The first-order valence-corrected chi connectivity index (χ1v) is 13.8. The summed E-state index contributed by atoms with van der Waals surface area (Å²) in [6.07, 6.45) is 5.04. The molecule has 6 rings (SSSR count). The molecule has 2 heterocycles. The lowest BCUT2D eigenvalue weighted by atomic mass is 9.83. The highest BCUT2D eigenvalue weighted by Gasteiger charge is 2.33. The molecule has 3 aromatic carbocycles. The molecule has 1 aliphatic carbocycles. The maximum absolute atomic E-state index is 13.2. The number of nitrogens with zero attached hydrogens (tertiary/aromatic N) is 2. The van der Waals surface area contributed by atoms with E-state index in [4.69, 9.17) is 9.47 Å². The van der Waals surface area contributed by atoms with Gasteiger partial charge in [0, 0.05) is 41.9 Å². The number of ether oxygens (including phenoxy) is 2. The van der Waals surface area contributed by atoms with E-state index in [-0.39, 0.29) is 41.4 Å². The first-order chi connectivity index (χ1) is 20.0. The number of unbranched alkanes of at least 4 members (excludes halogenated alkanes) is 1. The summed E-state index contributed by atoms with van der Waals surface area (Å²) in [5.41, 5.74) is 2.62. The molecule has 41 heavy (non-hydrogen) atoms. The van der Waals surface area contributed by atoms with Gasteiger partial charge in [0.1, 0.15) is 0 Å².